The SMILES string of the molecule is CSC(C)CCN=C1NC(C(C)C)CS1. The molecule has 88 valence electrons. The van der Waals surface area contributed by atoms with Crippen LogP contribution in [-0.2, 0) is 0 Å². The van der Waals surface area contributed by atoms with Crippen LogP contribution in [0.4, 0.5) is 0 Å². The second-order valence-corrected chi connectivity index (χ2v) is 6.61. The van der Waals surface area contributed by atoms with Gasteiger partial charge in [0.1, 0.15) is 0 Å². The zero-order valence-corrected chi connectivity index (χ0v) is 11.8. The molecule has 0 aromatic heterocycles. The van der Waals surface area contributed by atoms with Crippen molar-refractivity contribution in [1.82, 2.24) is 5.32 Å². The first-order valence-corrected chi connectivity index (χ1v) is 7.87. The average Bonchev–Trinajstić information content (AvgIpc) is 2.66. The Morgan fingerprint density at radius 3 is 2.80 bits per heavy atom. The highest BCUT2D eigenvalue weighted by molar-refractivity contribution is 8.14. The van der Waals surface area contributed by atoms with Gasteiger partial charge in [0.2, 0.25) is 0 Å². The molecule has 1 heterocycles. The van der Waals surface area contributed by atoms with Gasteiger partial charge in [0.25, 0.3) is 0 Å². The van der Waals surface area contributed by atoms with E-state index >= 15 is 0 Å². The predicted octanol–water partition coefficient (Wildman–Crippen LogP) is 2.85. The first kappa shape index (κ1) is 13.2. The Morgan fingerprint density at radius 1 is 1.53 bits per heavy atom. The van der Waals surface area contributed by atoms with Crippen molar-refractivity contribution < 1.29 is 0 Å². The minimum Gasteiger partial charge on any atom is -0.361 e. The van der Waals surface area contributed by atoms with Gasteiger partial charge in [0, 0.05) is 23.6 Å². The molecule has 0 bridgehead atoms. The van der Waals surface area contributed by atoms with Crippen LogP contribution < -0.4 is 5.32 Å². The van der Waals surface area contributed by atoms with E-state index in [9.17, 15) is 0 Å². The normalized spacial score (nSPS) is 25.9. The molecule has 1 N–H and O–H groups in total. The topological polar surface area (TPSA) is 24.4 Å². The van der Waals surface area contributed by atoms with E-state index in [4.69, 9.17) is 0 Å². The molecular formula is C11H22N2S2. The quantitative estimate of drug-likeness (QED) is 0.807. The van der Waals surface area contributed by atoms with Crippen LogP contribution in [0.25, 0.3) is 0 Å². The molecular weight excluding hydrogens is 224 g/mol. The first-order valence-electron chi connectivity index (χ1n) is 5.60. The molecule has 1 aliphatic rings. The number of hydrogen-bond donors (Lipinski definition) is 1. The van der Waals surface area contributed by atoms with Gasteiger partial charge in [0.05, 0.1) is 0 Å². The van der Waals surface area contributed by atoms with Gasteiger partial charge in [-0.15, -0.1) is 0 Å². The maximum atomic E-state index is 4.60. The van der Waals surface area contributed by atoms with Crippen molar-refractivity contribution in [2.24, 2.45) is 10.9 Å². The van der Waals surface area contributed by atoms with Crippen LogP contribution in [0.2, 0.25) is 0 Å². The Labute approximate surface area is 102 Å². The monoisotopic (exact) mass is 246 g/mol. The molecule has 0 aromatic rings. The van der Waals surface area contributed by atoms with Crippen molar-refractivity contribution in [3.63, 3.8) is 0 Å². The lowest BCUT2D eigenvalue weighted by atomic mass is 10.1. The lowest BCUT2D eigenvalue weighted by Gasteiger charge is -2.13. The minimum atomic E-state index is 0.617. The van der Waals surface area contributed by atoms with E-state index < -0.39 is 0 Å². The Morgan fingerprint density at radius 2 is 2.27 bits per heavy atom. The lowest BCUT2D eigenvalue weighted by Crippen LogP contribution is -2.31. The maximum Gasteiger partial charge on any atom is 0.156 e. The van der Waals surface area contributed by atoms with Crippen molar-refractivity contribution in [1.29, 1.82) is 0 Å². The van der Waals surface area contributed by atoms with Gasteiger partial charge in [-0.25, -0.2) is 0 Å². The zero-order valence-electron chi connectivity index (χ0n) is 10.1. The molecule has 1 aliphatic heterocycles. The van der Waals surface area contributed by atoms with Gasteiger partial charge in [0.15, 0.2) is 5.17 Å². The molecule has 0 amide bonds. The molecule has 0 saturated carbocycles. The molecule has 1 saturated heterocycles. The highest BCUT2D eigenvalue weighted by Crippen LogP contribution is 2.19. The molecule has 0 radical (unpaired) electrons. The number of hydrogen-bond acceptors (Lipinski definition) is 3. The molecule has 1 rings (SSSR count). The molecule has 4 heteroatoms. The zero-order chi connectivity index (χ0) is 11.3. The smallest absolute Gasteiger partial charge is 0.156 e. The van der Waals surface area contributed by atoms with E-state index in [0.717, 1.165) is 17.0 Å². The fourth-order valence-corrected chi connectivity index (χ4v) is 2.89. The summed E-state index contributed by atoms with van der Waals surface area (Å²) in [5, 5.41) is 5.37. The van der Waals surface area contributed by atoms with E-state index in [0.29, 0.717) is 12.0 Å². The van der Waals surface area contributed by atoms with Gasteiger partial charge in [-0.05, 0) is 18.6 Å². The summed E-state index contributed by atoms with van der Waals surface area (Å²) in [6.07, 6.45) is 3.34. The molecule has 15 heavy (non-hydrogen) atoms. The number of rotatable bonds is 5. The second-order valence-electron chi connectivity index (χ2n) is 4.33. The van der Waals surface area contributed by atoms with Crippen molar-refractivity contribution in [2.45, 2.75) is 38.5 Å². The molecule has 2 unspecified atom stereocenters. The minimum absolute atomic E-state index is 0.617. The highest BCUT2D eigenvalue weighted by atomic mass is 32.2. The number of thioether (sulfide) groups is 2. The Balaban J connectivity index is 2.24. The second kappa shape index (κ2) is 6.69. The summed E-state index contributed by atoms with van der Waals surface area (Å²) in [5.74, 6) is 1.88. The number of nitrogens with zero attached hydrogens (tertiary/aromatic N) is 1. The molecule has 1 fully saturated rings. The van der Waals surface area contributed by atoms with Crippen LogP contribution in [0.3, 0.4) is 0 Å². The van der Waals surface area contributed by atoms with Crippen molar-refractivity contribution in [2.75, 3.05) is 18.6 Å². The van der Waals surface area contributed by atoms with Crippen LogP contribution >= 0.6 is 23.5 Å². The standard InChI is InChI=1S/C11H22N2S2/c1-8(2)10-7-15-11(13-10)12-6-5-9(3)14-4/h8-10H,5-7H2,1-4H3,(H,12,13). The summed E-state index contributed by atoms with van der Waals surface area (Å²) in [4.78, 5) is 4.60. The number of nitrogens with one attached hydrogen (secondary N) is 1. The molecule has 2 atom stereocenters. The fourth-order valence-electron chi connectivity index (χ4n) is 1.33. The fraction of sp³-hybridized carbons (Fsp3) is 0.909. The Bertz CT molecular complexity index is 217. The predicted molar refractivity (Wildman–Crippen MR) is 74.1 cm³/mol. The van der Waals surface area contributed by atoms with Gasteiger partial charge in [-0.1, -0.05) is 32.5 Å². The Kier molecular flexibility index (Phi) is 5.90. The van der Waals surface area contributed by atoms with Crippen LogP contribution in [0.15, 0.2) is 4.99 Å². The van der Waals surface area contributed by atoms with Crippen LogP contribution in [0.1, 0.15) is 27.2 Å². The largest absolute Gasteiger partial charge is 0.361 e. The average molecular weight is 246 g/mol. The van der Waals surface area contributed by atoms with Crippen molar-refractivity contribution in [3.8, 4) is 0 Å². The Hall–Kier alpha value is 0.170. The third-order valence-corrected chi connectivity index (χ3v) is 4.79. The highest BCUT2D eigenvalue weighted by Gasteiger charge is 2.22. The lowest BCUT2D eigenvalue weighted by molar-refractivity contribution is 0.503. The van der Waals surface area contributed by atoms with Crippen LogP contribution in [0, 0.1) is 5.92 Å². The number of aliphatic imine (C=N–C) groups is 1. The molecule has 0 aromatic carbocycles. The third kappa shape index (κ3) is 4.68. The van der Waals surface area contributed by atoms with E-state index in [1.807, 2.05) is 23.5 Å². The van der Waals surface area contributed by atoms with Gasteiger partial charge in [-0.3, -0.25) is 4.99 Å². The van der Waals surface area contributed by atoms with E-state index in [1.165, 1.54) is 12.2 Å². The van der Waals surface area contributed by atoms with Gasteiger partial charge in [-0.2, -0.15) is 11.8 Å². The summed E-state index contributed by atoms with van der Waals surface area (Å²) in [6, 6.07) is 0.617. The summed E-state index contributed by atoms with van der Waals surface area (Å²) in [6.45, 7) is 7.74. The molecule has 2 nitrogen and oxygen atoms in total. The third-order valence-electron chi connectivity index (χ3n) is 2.71. The first-order chi connectivity index (χ1) is 7.13. The van der Waals surface area contributed by atoms with Crippen LogP contribution in [0.5, 0.6) is 0 Å². The van der Waals surface area contributed by atoms with Gasteiger partial charge >= 0.3 is 0 Å². The van der Waals surface area contributed by atoms with E-state index in [1.54, 1.807) is 0 Å². The van der Waals surface area contributed by atoms with Crippen LogP contribution in [-0.4, -0.2) is 35.0 Å². The number of amidine groups is 1. The molecule has 0 spiro atoms. The summed E-state index contributed by atoms with van der Waals surface area (Å²) < 4.78 is 0. The van der Waals surface area contributed by atoms with Gasteiger partial charge < -0.3 is 5.32 Å². The summed E-state index contributed by atoms with van der Waals surface area (Å²) in [5.41, 5.74) is 0. The maximum absolute atomic E-state index is 4.60. The van der Waals surface area contributed by atoms with Crippen molar-refractivity contribution in [3.05, 3.63) is 0 Å². The van der Waals surface area contributed by atoms with E-state index in [-0.39, 0.29) is 0 Å². The van der Waals surface area contributed by atoms with E-state index in [2.05, 4.69) is 37.3 Å². The van der Waals surface area contributed by atoms with Crippen molar-refractivity contribution >= 4 is 28.7 Å². The summed E-state index contributed by atoms with van der Waals surface area (Å²) in [7, 11) is 0. The summed E-state index contributed by atoms with van der Waals surface area (Å²) >= 11 is 3.79. The molecule has 0 aliphatic carbocycles.